The molecule has 1 aromatic rings. The maximum atomic E-state index is 12.1. The van der Waals surface area contributed by atoms with Gasteiger partial charge in [-0.3, -0.25) is 9.69 Å². The summed E-state index contributed by atoms with van der Waals surface area (Å²) in [6.07, 6.45) is 5.43. The average Bonchev–Trinajstić information content (AvgIpc) is 3.07. The second-order valence-corrected chi connectivity index (χ2v) is 5.35. The Labute approximate surface area is 113 Å². The van der Waals surface area contributed by atoms with Gasteiger partial charge in [-0.1, -0.05) is 42.5 Å². The summed E-state index contributed by atoms with van der Waals surface area (Å²) in [5.41, 5.74) is 1.25. The highest BCUT2D eigenvalue weighted by atomic mass is 16.5. The number of ether oxygens (including phenoxy) is 1. The van der Waals surface area contributed by atoms with Gasteiger partial charge in [0.25, 0.3) is 0 Å². The smallest absolute Gasteiger partial charge is 0.323 e. The maximum Gasteiger partial charge on any atom is 0.323 e. The molecule has 4 atom stereocenters. The zero-order valence-corrected chi connectivity index (χ0v) is 11.3. The Bertz CT molecular complexity index is 497. The molecule has 3 rings (SSSR count). The number of fused-ring (bicyclic) bond motifs is 2. The van der Waals surface area contributed by atoms with E-state index in [0.717, 1.165) is 6.42 Å². The van der Waals surface area contributed by atoms with Crippen molar-refractivity contribution in [1.29, 1.82) is 0 Å². The highest BCUT2D eigenvalue weighted by Gasteiger charge is 2.48. The molecule has 1 aromatic carbocycles. The lowest BCUT2D eigenvalue weighted by atomic mass is 9.99. The molecule has 0 radical (unpaired) electrons. The molecule has 1 saturated heterocycles. The van der Waals surface area contributed by atoms with Crippen molar-refractivity contribution in [2.75, 3.05) is 7.11 Å². The molecule has 19 heavy (non-hydrogen) atoms. The summed E-state index contributed by atoms with van der Waals surface area (Å²) in [4.78, 5) is 14.3. The molecule has 1 aliphatic heterocycles. The monoisotopic (exact) mass is 257 g/mol. The van der Waals surface area contributed by atoms with Crippen molar-refractivity contribution in [2.45, 2.75) is 31.5 Å². The second-order valence-electron chi connectivity index (χ2n) is 5.35. The lowest BCUT2D eigenvalue weighted by Gasteiger charge is -2.35. The topological polar surface area (TPSA) is 29.5 Å². The van der Waals surface area contributed by atoms with Gasteiger partial charge in [0, 0.05) is 18.0 Å². The normalized spacial score (nSPS) is 30.5. The molecule has 0 aromatic heterocycles. The standard InChI is InChI=1S/C16H19NO2/c1-11(12-6-4-3-5-7-12)17-14-9-8-13(10-14)15(17)16(18)19-2/h3-9,11,13-15H,10H2,1-2H3/t11?,13-,14+,15+/m0/s1. The Kier molecular flexibility index (Phi) is 3.15. The van der Waals surface area contributed by atoms with Gasteiger partial charge in [-0.05, 0) is 18.9 Å². The van der Waals surface area contributed by atoms with Gasteiger partial charge in [-0.15, -0.1) is 0 Å². The quantitative estimate of drug-likeness (QED) is 0.615. The third-order valence-electron chi connectivity index (χ3n) is 4.38. The van der Waals surface area contributed by atoms with E-state index < -0.39 is 0 Å². The Balaban J connectivity index is 1.90. The first-order valence-corrected chi connectivity index (χ1v) is 6.81. The molecular weight excluding hydrogens is 238 g/mol. The minimum absolute atomic E-state index is 0.111. The number of nitrogens with zero attached hydrogens (tertiary/aromatic N) is 1. The number of methoxy groups -OCH3 is 1. The van der Waals surface area contributed by atoms with E-state index in [4.69, 9.17) is 4.74 Å². The Hall–Kier alpha value is -1.61. The number of esters is 1. The summed E-state index contributed by atoms with van der Waals surface area (Å²) in [7, 11) is 1.48. The molecule has 3 nitrogen and oxygen atoms in total. The van der Waals surface area contributed by atoms with Crippen LogP contribution in [-0.4, -0.2) is 30.1 Å². The molecule has 100 valence electrons. The summed E-state index contributed by atoms with van der Waals surface area (Å²) in [6, 6.07) is 10.8. The number of rotatable bonds is 3. The first-order valence-electron chi connectivity index (χ1n) is 6.81. The highest BCUT2D eigenvalue weighted by molar-refractivity contribution is 5.77. The van der Waals surface area contributed by atoms with E-state index in [1.54, 1.807) is 0 Å². The summed E-state index contributed by atoms with van der Waals surface area (Å²) < 4.78 is 4.99. The third-order valence-corrected chi connectivity index (χ3v) is 4.38. The van der Waals surface area contributed by atoms with Crippen LogP contribution in [0.3, 0.4) is 0 Å². The summed E-state index contributed by atoms with van der Waals surface area (Å²) in [6.45, 7) is 2.17. The van der Waals surface area contributed by atoms with Crippen LogP contribution in [0.4, 0.5) is 0 Å². The minimum Gasteiger partial charge on any atom is -0.468 e. The van der Waals surface area contributed by atoms with E-state index >= 15 is 0 Å². The van der Waals surface area contributed by atoms with Crippen molar-refractivity contribution in [3.63, 3.8) is 0 Å². The van der Waals surface area contributed by atoms with Gasteiger partial charge in [-0.25, -0.2) is 0 Å². The first-order chi connectivity index (χ1) is 9.22. The summed E-state index contributed by atoms with van der Waals surface area (Å²) in [5.74, 6) is 0.197. The highest BCUT2D eigenvalue weighted by Crippen LogP contribution is 2.42. The number of carbonyl (C=O) groups is 1. The fourth-order valence-corrected chi connectivity index (χ4v) is 3.44. The molecule has 2 bridgehead atoms. The van der Waals surface area contributed by atoms with Crippen LogP contribution in [0.5, 0.6) is 0 Å². The molecule has 1 aliphatic carbocycles. The number of hydrogen-bond donors (Lipinski definition) is 0. The van der Waals surface area contributed by atoms with E-state index in [2.05, 4.69) is 36.1 Å². The number of hydrogen-bond acceptors (Lipinski definition) is 3. The SMILES string of the molecule is COC(=O)[C@H]1[C@H]2C=C[C@H](C2)N1C(C)c1ccccc1. The predicted octanol–water partition coefficient (Wildman–Crippen LogP) is 2.55. The van der Waals surface area contributed by atoms with Gasteiger partial charge in [0.1, 0.15) is 6.04 Å². The molecule has 0 amide bonds. The lowest BCUT2D eigenvalue weighted by Crippen LogP contribution is -2.45. The number of benzene rings is 1. The zero-order valence-electron chi connectivity index (χ0n) is 11.3. The molecule has 0 spiro atoms. The Morgan fingerprint density at radius 3 is 2.74 bits per heavy atom. The average molecular weight is 257 g/mol. The van der Waals surface area contributed by atoms with Gasteiger partial charge >= 0.3 is 5.97 Å². The fourth-order valence-electron chi connectivity index (χ4n) is 3.44. The second kappa shape index (κ2) is 4.82. The van der Waals surface area contributed by atoms with E-state index in [-0.39, 0.29) is 18.1 Å². The molecule has 1 fully saturated rings. The van der Waals surface area contributed by atoms with E-state index in [0.29, 0.717) is 12.0 Å². The van der Waals surface area contributed by atoms with Gasteiger partial charge in [0.05, 0.1) is 7.11 Å². The molecule has 0 N–H and O–H groups in total. The lowest BCUT2D eigenvalue weighted by molar-refractivity contribution is -0.148. The van der Waals surface area contributed by atoms with Gasteiger partial charge in [0.2, 0.25) is 0 Å². The van der Waals surface area contributed by atoms with Gasteiger partial charge < -0.3 is 4.74 Å². The van der Waals surface area contributed by atoms with Gasteiger partial charge in [0.15, 0.2) is 0 Å². The number of likely N-dealkylation sites (tertiary alicyclic amines) is 1. The number of carbonyl (C=O) groups excluding carboxylic acids is 1. The van der Waals surface area contributed by atoms with Crippen LogP contribution in [0.25, 0.3) is 0 Å². The van der Waals surface area contributed by atoms with Crippen molar-refractivity contribution in [2.24, 2.45) is 5.92 Å². The molecule has 3 heteroatoms. The third kappa shape index (κ3) is 1.98. The predicted molar refractivity (Wildman–Crippen MR) is 73.5 cm³/mol. The van der Waals surface area contributed by atoms with Crippen molar-refractivity contribution < 1.29 is 9.53 Å². The van der Waals surface area contributed by atoms with Crippen molar-refractivity contribution in [3.05, 3.63) is 48.0 Å². The van der Waals surface area contributed by atoms with Crippen molar-refractivity contribution in [3.8, 4) is 0 Å². The maximum absolute atomic E-state index is 12.1. The largest absolute Gasteiger partial charge is 0.468 e. The van der Waals surface area contributed by atoms with E-state index in [1.807, 2.05) is 18.2 Å². The molecule has 1 heterocycles. The van der Waals surface area contributed by atoms with Crippen LogP contribution in [0.2, 0.25) is 0 Å². The van der Waals surface area contributed by atoms with Crippen LogP contribution in [0, 0.1) is 5.92 Å². The first kappa shape index (κ1) is 12.4. The van der Waals surface area contributed by atoms with Crippen LogP contribution in [0.1, 0.15) is 24.9 Å². The Morgan fingerprint density at radius 2 is 2.05 bits per heavy atom. The zero-order chi connectivity index (χ0) is 13.4. The Morgan fingerprint density at radius 1 is 1.32 bits per heavy atom. The van der Waals surface area contributed by atoms with Crippen LogP contribution in [-0.2, 0) is 9.53 Å². The van der Waals surface area contributed by atoms with Crippen LogP contribution < -0.4 is 0 Å². The van der Waals surface area contributed by atoms with Crippen LogP contribution in [0.15, 0.2) is 42.5 Å². The molecule has 2 aliphatic rings. The summed E-state index contributed by atoms with van der Waals surface area (Å²) in [5, 5.41) is 0. The van der Waals surface area contributed by atoms with Crippen molar-refractivity contribution in [1.82, 2.24) is 4.90 Å². The fraction of sp³-hybridized carbons (Fsp3) is 0.438. The van der Waals surface area contributed by atoms with E-state index in [1.165, 1.54) is 12.7 Å². The molecular formula is C16H19NO2. The van der Waals surface area contributed by atoms with Crippen molar-refractivity contribution >= 4 is 5.97 Å². The van der Waals surface area contributed by atoms with Crippen LogP contribution >= 0.6 is 0 Å². The molecule has 0 saturated carbocycles. The minimum atomic E-state index is -0.129. The molecule has 1 unspecified atom stereocenters. The summed E-state index contributed by atoms with van der Waals surface area (Å²) >= 11 is 0. The van der Waals surface area contributed by atoms with Gasteiger partial charge in [-0.2, -0.15) is 0 Å². The van der Waals surface area contributed by atoms with E-state index in [9.17, 15) is 4.79 Å².